The van der Waals surface area contributed by atoms with Crippen molar-refractivity contribution >= 4 is 16.7 Å². The zero-order valence-corrected chi connectivity index (χ0v) is 11.5. The summed E-state index contributed by atoms with van der Waals surface area (Å²) in [4.78, 5) is 19.1. The lowest BCUT2D eigenvalue weighted by Gasteiger charge is -2.09. The smallest absolute Gasteiger partial charge is 0.339 e. The van der Waals surface area contributed by atoms with Crippen molar-refractivity contribution < 1.29 is 18.3 Å². The lowest BCUT2D eigenvalue weighted by Crippen LogP contribution is -2.07. The summed E-state index contributed by atoms with van der Waals surface area (Å²) in [5.74, 6) is -1.38. The van der Waals surface area contributed by atoms with E-state index in [1.165, 1.54) is 0 Å². The zero-order valence-electron chi connectivity index (χ0n) is 10.6. The lowest BCUT2D eigenvalue weighted by molar-refractivity contribution is 0.0697. The Balaban J connectivity index is 2.64. The van der Waals surface area contributed by atoms with E-state index in [2.05, 4.69) is 9.97 Å². The van der Waals surface area contributed by atoms with E-state index < -0.39 is 16.7 Å². The molecule has 20 heavy (non-hydrogen) atoms. The quantitative estimate of drug-likeness (QED) is 0.823. The Labute approximate surface area is 117 Å². The molecule has 0 bridgehead atoms. The minimum absolute atomic E-state index is 0.0517. The van der Waals surface area contributed by atoms with Crippen LogP contribution in [-0.4, -0.2) is 29.5 Å². The fourth-order valence-electron chi connectivity index (χ4n) is 1.81. The van der Waals surface area contributed by atoms with Crippen LogP contribution in [-0.2, 0) is 16.5 Å². The highest BCUT2D eigenvalue weighted by molar-refractivity contribution is 7.71. The summed E-state index contributed by atoms with van der Waals surface area (Å²) in [6.45, 7) is 1.83. The Hall–Kier alpha value is -2.28. The Morgan fingerprint density at radius 1 is 1.30 bits per heavy atom. The van der Waals surface area contributed by atoms with E-state index in [0.29, 0.717) is 5.56 Å². The van der Waals surface area contributed by atoms with Crippen LogP contribution in [0.25, 0.3) is 11.3 Å². The highest BCUT2D eigenvalue weighted by Gasteiger charge is 2.16. The zero-order chi connectivity index (χ0) is 14.7. The third-order valence-electron chi connectivity index (χ3n) is 2.74. The number of hydrogen-bond acceptors (Lipinski definition) is 5. The first-order chi connectivity index (χ1) is 9.49. The van der Waals surface area contributed by atoms with Crippen LogP contribution < -0.4 is 0 Å². The minimum Gasteiger partial charge on any atom is -0.478 e. The maximum absolute atomic E-state index is 11.2. The summed E-state index contributed by atoms with van der Waals surface area (Å²) >= 11 is 0. The van der Waals surface area contributed by atoms with Crippen LogP contribution in [0.4, 0.5) is 0 Å². The second-order valence-corrected chi connectivity index (χ2v) is 5.14. The van der Waals surface area contributed by atoms with E-state index >= 15 is 0 Å². The van der Waals surface area contributed by atoms with Crippen LogP contribution in [0, 0.1) is 6.92 Å². The van der Waals surface area contributed by atoms with Crippen LogP contribution >= 0.6 is 0 Å². The SMILES string of the molecule is Cc1ccccc1-c1nc(C[SH](=O)=O)ncc1C(=O)O. The standard InChI is InChI=1S/C13H12N2O4S/c1-8-4-2-3-5-9(8)12-10(13(16)17)6-14-11(15-12)7-20(18)19/h2-6,20H,7H2,1H3,(H,16,17). The van der Waals surface area contributed by atoms with Crippen molar-refractivity contribution in [2.75, 3.05) is 0 Å². The van der Waals surface area contributed by atoms with Crippen molar-refractivity contribution in [3.63, 3.8) is 0 Å². The largest absolute Gasteiger partial charge is 0.478 e. The van der Waals surface area contributed by atoms with E-state index in [1.54, 1.807) is 12.1 Å². The molecule has 0 aliphatic carbocycles. The van der Waals surface area contributed by atoms with Crippen LogP contribution in [0.2, 0.25) is 0 Å². The van der Waals surface area contributed by atoms with E-state index in [9.17, 15) is 18.3 Å². The van der Waals surface area contributed by atoms with E-state index in [4.69, 9.17) is 0 Å². The van der Waals surface area contributed by atoms with Crippen molar-refractivity contribution in [2.24, 2.45) is 0 Å². The summed E-state index contributed by atoms with van der Waals surface area (Å²) in [6, 6.07) is 7.17. The average molecular weight is 292 g/mol. The molecular formula is C13H12N2O4S. The third kappa shape index (κ3) is 3.00. The van der Waals surface area contributed by atoms with Gasteiger partial charge in [0.1, 0.15) is 27.8 Å². The van der Waals surface area contributed by atoms with Gasteiger partial charge in [-0.1, -0.05) is 24.3 Å². The van der Waals surface area contributed by atoms with Gasteiger partial charge in [0.25, 0.3) is 0 Å². The molecule has 0 aliphatic rings. The molecule has 2 aromatic rings. The molecule has 1 aromatic carbocycles. The number of aryl methyl sites for hydroxylation is 1. The fourth-order valence-corrected chi connectivity index (χ4v) is 2.19. The van der Waals surface area contributed by atoms with Gasteiger partial charge >= 0.3 is 5.97 Å². The molecule has 2 rings (SSSR count). The Bertz CT molecular complexity index is 733. The van der Waals surface area contributed by atoms with Gasteiger partial charge in [0.05, 0.1) is 5.69 Å². The first-order valence-electron chi connectivity index (χ1n) is 5.76. The second-order valence-electron chi connectivity index (χ2n) is 4.16. The molecule has 0 radical (unpaired) electrons. The van der Waals surface area contributed by atoms with Gasteiger partial charge in [-0.25, -0.2) is 23.2 Å². The van der Waals surface area contributed by atoms with Gasteiger partial charge in [-0.3, -0.25) is 0 Å². The molecule has 0 unspecified atom stereocenters. The molecule has 1 aromatic heterocycles. The highest BCUT2D eigenvalue weighted by atomic mass is 32.2. The van der Waals surface area contributed by atoms with Crippen molar-refractivity contribution in [1.29, 1.82) is 0 Å². The molecule has 1 N–H and O–H groups in total. The summed E-state index contributed by atoms with van der Waals surface area (Å²) < 4.78 is 21.5. The van der Waals surface area contributed by atoms with Gasteiger partial charge in [-0.05, 0) is 12.5 Å². The lowest BCUT2D eigenvalue weighted by atomic mass is 10.0. The Morgan fingerprint density at radius 3 is 2.60 bits per heavy atom. The van der Waals surface area contributed by atoms with Crippen LogP contribution in [0.5, 0.6) is 0 Å². The molecule has 0 saturated carbocycles. The summed E-state index contributed by atoms with van der Waals surface area (Å²) in [7, 11) is -2.66. The molecule has 0 fully saturated rings. The third-order valence-corrected chi connectivity index (χ3v) is 3.28. The number of benzene rings is 1. The molecule has 1 heterocycles. The topological polar surface area (TPSA) is 97.2 Å². The highest BCUT2D eigenvalue weighted by Crippen LogP contribution is 2.24. The molecule has 6 nitrogen and oxygen atoms in total. The van der Waals surface area contributed by atoms with E-state index in [-0.39, 0.29) is 22.8 Å². The number of carbonyl (C=O) groups is 1. The molecule has 0 atom stereocenters. The number of aromatic nitrogens is 2. The monoisotopic (exact) mass is 292 g/mol. The van der Waals surface area contributed by atoms with Crippen LogP contribution in [0.3, 0.4) is 0 Å². The van der Waals surface area contributed by atoms with Gasteiger partial charge in [0.2, 0.25) is 0 Å². The van der Waals surface area contributed by atoms with Crippen LogP contribution in [0.1, 0.15) is 21.7 Å². The predicted molar refractivity (Wildman–Crippen MR) is 73.2 cm³/mol. The van der Waals surface area contributed by atoms with Gasteiger partial charge in [-0.15, -0.1) is 0 Å². The number of carboxylic acids is 1. The van der Waals surface area contributed by atoms with Gasteiger partial charge in [0.15, 0.2) is 0 Å². The minimum atomic E-state index is -2.66. The number of thiol groups is 1. The first-order valence-corrected chi connectivity index (χ1v) is 7.12. The Kier molecular flexibility index (Phi) is 4.09. The van der Waals surface area contributed by atoms with Crippen LogP contribution in [0.15, 0.2) is 30.5 Å². The summed E-state index contributed by atoms with van der Waals surface area (Å²) in [5.41, 5.74) is 1.68. The molecule has 104 valence electrons. The maximum Gasteiger partial charge on any atom is 0.339 e. The molecule has 0 spiro atoms. The number of carboxylic acid groups (broad SMARTS) is 1. The number of nitrogens with zero attached hydrogens (tertiary/aromatic N) is 2. The first kappa shape index (κ1) is 14.1. The molecule has 7 heteroatoms. The maximum atomic E-state index is 11.2. The van der Waals surface area contributed by atoms with Gasteiger partial charge < -0.3 is 5.11 Å². The average Bonchev–Trinajstić information content (AvgIpc) is 2.38. The fraction of sp³-hybridized carbons (Fsp3) is 0.154. The summed E-state index contributed by atoms with van der Waals surface area (Å²) in [6.07, 6.45) is 1.14. The van der Waals surface area contributed by atoms with Crippen molar-refractivity contribution in [3.05, 3.63) is 47.4 Å². The van der Waals surface area contributed by atoms with E-state index in [1.807, 2.05) is 19.1 Å². The number of rotatable bonds is 4. The second kappa shape index (κ2) is 5.79. The normalized spacial score (nSPS) is 10.7. The number of hydrogen-bond donors (Lipinski definition) is 2. The molecule has 0 saturated heterocycles. The molecule has 0 amide bonds. The van der Waals surface area contributed by atoms with Gasteiger partial charge in [0, 0.05) is 11.8 Å². The van der Waals surface area contributed by atoms with Crippen molar-refractivity contribution in [3.8, 4) is 11.3 Å². The number of aromatic carboxylic acids is 1. The summed E-state index contributed by atoms with van der Waals surface area (Å²) in [5, 5.41) is 9.19. The van der Waals surface area contributed by atoms with Crippen molar-refractivity contribution in [2.45, 2.75) is 12.7 Å². The van der Waals surface area contributed by atoms with Crippen molar-refractivity contribution in [1.82, 2.24) is 9.97 Å². The Morgan fingerprint density at radius 2 is 2.00 bits per heavy atom. The molecule has 0 aliphatic heterocycles. The van der Waals surface area contributed by atoms with Gasteiger partial charge in [-0.2, -0.15) is 0 Å². The van der Waals surface area contributed by atoms with E-state index in [0.717, 1.165) is 11.8 Å². The predicted octanol–water partition coefficient (Wildman–Crippen LogP) is 1.26. The molecular weight excluding hydrogens is 280 g/mol.